The van der Waals surface area contributed by atoms with Gasteiger partial charge in [-0.25, -0.2) is 4.39 Å². The van der Waals surface area contributed by atoms with Crippen molar-refractivity contribution in [2.24, 2.45) is 0 Å². The topological polar surface area (TPSA) is 66.4 Å². The molecule has 0 saturated carbocycles. The van der Waals surface area contributed by atoms with Crippen LogP contribution in [0.4, 0.5) is 4.39 Å². The van der Waals surface area contributed by atoms with Crippen LogP contribution >= 0.6 is 7.75 Å². The predicted molar refractivity (Wildman–Crippen MR) is 69.3 cm³/mol. The highest BCUT2D eigenvalue weighted by atomic mass is 31.2. The number of hydrogen-bond acceptors (Lipinski definition) is 3. The van der Waals surface area contributed by atoms with Gasteiger partial charge in [0, 0.05) is 7.75 Å². The maximum absolute atomic E-state index is 11.2. The van der Waals surface area contributed by atoms with E-state index in [0.717, 1.165) is 16.0 Å². The summed E-state index contributed by atoms with van der Waals surface area (Å²) >= 11 is 0. The second-order valence-corrected chi connectivity index (χ2v) is 8.23. The van der Waals surface area contributed by atoms with Gasteiger partial charge in [-0.05, 0) is 7.05 Å². The molecule has 0 aromatic carbocycles. The molecule has 0 heterocycles. The summed E-state index contributed by atoms with van der Waals surface area (Å²) < 4.78 is 23.0. The lowest BCUT2D eigenvalue weighted by atomic mass is 10.8. The van der Waals surface area contributed by atoms with Crippen molar-refractivity contribution in [1.82, 2.24) is 4.67 Å². The molecular formula is C10H29FN3O3P. The standard InChI is InChI=1S/2C4H12N.C2H7FNO3P/c2*1-5(2,3)4;1-4(2-3)8(5,6)7/h2*1-4H3;2H2,1H3,(H2,5,6,7)/q2*+1;/p-2. The van der Waals surface area contributed by atoms with Crippen molar-refractivity contribution in [2.45, 2.75) is 0 Å². The summed E-state index contributed by atoms with van der Waals surface area (Å²) in [5, 5.41) is 0. The summed E-state index contributed by atoms with van der Waals surface area (Å²) in [4.78, 5) is 19.4. The lowest BCUT2D eigenvalue weighted by molar-refractivity contribution is -0.849. The SMILES string of the molecule is CN(CF)P(=O)([O-])[O-].C[N+](C)(C)C.C[N+](C)(C)C. The van der Waals surface area contributed by atoms with Crippen molar-refractivity contribution in [2.75, 3.05) is 70.2 Å². The van der Waals surface area contributed by atoms with Crippen LogP contribution in [0.2, 0.25) is 0 Å². The fourth-order valence-electron chi connectivity index (χ4n) is 0.0655. The van der Waals surface area contributed by atoms with Crippen molar-refractivity contribution in [3.05, 3.63) is 0 Å². The van der Waals surface area contributed by atoms with Gasteiger partial charge in [0.25, 0.3) is 0 Å². The molecule has 0 spiro atoms. The van der Waals surface area contributed by atoms with Gasteiger partial charge in [-0.2, -0.15) is 0 Å². The molecule has 6 nitrogen and oxygen atoms in total. The number of hydrogen-bond donors (Lipinski definition) is 0. The molecule has 0 unspecified atom stereocenters. The van der Waals surface area contributed by atoms with Gasteiger partial charge in [0.2, 0.25) is 0 Å². The quantitative estimate of drug-likeness (QED) is 0.384. The molecule has 0 aliphatic carbocycles. The van der Waals surface area contributed by atoms with Gasteiger partial charge in [0.1, 0.15) is 6.80 Å². The first kappa shape index (κ1) is 23.1. The van der Waals surface area contributed by atoms with Crippen LogP contribution in [-0.4, -0.2) is 83.9 Å². The minimum absolute atomic E-state index is 0.0903. The molecule has 0 N–H and O–H groups in total. The molecule has 0 aliphatic heterocycles. The molecule has 0 aliphatic rings. The Bertz CT molecular complexity index is 222. The van der Waals surface area contributed by atoms with Crippen LogP contribution in [-0.2, 0) is 4.57 Å². The highest BCUT2D eigenvalue weighted by Gasteiger charge is 1.97. The minimum atomic E-state index is -4.80. The number of quaternary nitrogens is 2. The molecule has 18 heavy (non-hydrogen) atoms. The van der Waals surface area contributed by atoms with Crippen molar-refractivity contribution in [3.8, 4) is 0 Å². The second-order valence-electron chi connectivity index (χ2n) is 6.61. The monoisotopic (exact) mass is 289 g/mol. The van der Waals surface area contributed by atoms with Crippen LogP contribution in [0.1, 0.15) is 0 Å². The summed E-state index contributed by atoms with van der Waals surface area (Å²) in [6, 6.07) is 0. The van der Waals surface area contributed by atoms with E-state index in [1.165, 1.54) is 0 Å². The third-order valence-corrected chi connectivity index (χ3v) is 1.53. The van der Waals surface area contributed by atoms with E-state index in [9.17, 15) is 18.7 Å². The molecule has 0 fully saturated rings. The van der Waals surface area contributed by atoms with Crippen LogP contribution in [0.15, 0.2) is 0 Å². The van der Waals surface area contributed by atoms with Gasteiger partial charge in [0.05, 0.1) is 56.4 Å². The van der Waals surface area contributed by atoms with Gasteiger partial charge in [-0.3, -0.25) is 4.67 Å². The first-order chi connectivity index (χ1) is 7.48. The van der Waals surface area contributed by atoms with Gasteiger partial charge < -0.3 is 23.3 Å². The van der Waals surface area contributed by atoms with Gasteiger partial charge in [0.15, 0.2) is 0 Å². The Morgan fingerprint density at radius 3 is 1.11 bits per heavy atom. The first-order valence-corrected chi connectivity index (χ1v) is 6.85. The number of halogens is 1. The van der Waals surface area contributed by atoms with E-state index in [1.807, 2.05) is 0 Å². The van der Waals surface area contributed by atoms with Crippen LogP contribution in [0.3, 0.4) is 0 Å². The van der Waals surface area contributed by atoms with Gasteiger partial charge >= 0.3 is 0 Å². The lowest BCUT2D eigenvalue weighted by Gasteiger charge is -2.36. The Labute approximate surface area is 111 Å². The average molecular weight is 289 g/mol. The molecule has 0 rings (SSSR count). The fourth-order valence-corrected chi connectivity index (χ4v) is 0.196. The largest absolute Gasteiger partial charge is 0.799 e. The van der Waals surface area contributed by atoms with Crippen LogP contribution in [0, 0.1) is 0 Å². The Morgan fingerprint density at radius 1 is 0.944 bits per heavy atom. The van der Waals surface area contributed by atoms with Crippen LogP contribution in [0.5, 0.6) is 0 Å². The van der Waals surface area contributed by atoms with E-state index in [-0.39, 0.29) is 4.67 Å². The third kappa shape index (κ3) is 56.4. The Balaban J connectivity index is -0.000000197. The van der Waals surface area contributed by atoms with E-state index in [0.29, 0.717) is 0 Å². The zero-order valence-corrected chi connectivity index (χ0v) is 14.0. The molecule has 114 valence electrons. The van der Waals surface area contributed by atoms with E-state index in [1.54, 1.807) is 0 Å². The zero-order valence-electron chi connectivity index (χ0n) is 13.1. The summed E-state index contributed by atoms with van der Waals surface area (Å²) in [6.07, 6.45) is 0. The van der Waals surface area contributed by atoms with E-state index in [4.69, 9.17) is 0 Å². The van der Waals surface area contributed by atoms with Gasteiger partial charge in [-0.15, -0.1) is 0 Å². The molecule has 0 amide bonds. The molecule has 0 radical (unpaired) electrons. The zero-order chi connectivity index (χ0) is 15.8. The summed E-state index contributed by atoms with van der Waals surface area (Å²) in [5.41, 5.74) is 0. The summed E-state index contributed by atoms with van der Waals surface area (Å²) in [6.45, 7) is -1.26. The minimum Gasteiger partial charge on any atom is -0.799 e. The highest BCUT2D eigenvalue weighted by molar-refractivity contribution is 7.46. The molecule has 0 aromatic heterocycles. The molecular weight excluding hydrogens is 260 g/mol. The van der Waals surface area contributed by atoms with Crippen molar-refractivity contribution in [3.63, 3.8) is 0 Å². The van der Waals surface area contributed by atoms with Crippen LogP contribution in [0.25, 0.3) is 0 Å². The number of alkyl halides is 1. The highest BCUT2D eigenvalue weighted by Crippen LogP contribution is 2.26. The third-order valence-electron chi connectivity index (χ3n) is 0.591. The van der Waals surface area contributed by atoms with Crippen molar-refractivity contribution < 1.29 is 27.7 Å². The first-order valence-electron chi connectivity index (χ1n) is 5.36. The van der Waals surface area contributed by atoms with E-state index in [2.05, 4.69) is 56.4 Å². The lowest BCUT2D eigenvalue weighted by Crippen LogP contribution is -2.29. The predicted octanol–water partition coefficient (Wildman–Crippen LogP) is -0.681. The van der Waals surface area contributed by atoms with Crippen molar-refractivity contribution in [1.29, 1.82) is 0 Å². The smallest absolute Gasteiger partial charge is 0.146 e. The molecule has 0 bridgehead atoms. The molecule has 8 heteroatoms. The fraction of sp³-hybridized carbons (Fsp3) is 1.00. The number of nitrogens with zero attached hydrogens (tertiary/aromatic N) is 3. The molecule has 0 aromatic rings. The van der Waals surface area contributed by atoms with Crippen molar-refractivity contribution >= 4 is 7.75 Å². The Kier molecular flexibility index (Phi) is 11.5. The van der Waals surface area contributed by atoms with E-state index >= 15 is 0 Å². The summed E-state index contributed by atoms with van der Waals surface area (Å²) in [7, 11) is 13.1. The number of rotatable bonds is 2. The Hall–Kier alpha value is -0.0400. The normalized spacial score (nSPS) is 12.3. The Morgan fingerprint density at radius 2 is 1.11 bits per heavy atom. The summed E-state index contributed by atoms with van der Waals surface area (Å²) in [5.74, 6) is 0. The maximum atomic E-state index is 11.2. The second kappa shape index (κ2) is 8.96. The molecule has 0 saturated heterocycles. The average Bonchev–Trinajstić information content (AvgIpc) is 1.94. The van der Waals surface area contributed by atoms with E-state index < -0.39 is 14.5 Å². The molecule has 0 atom stereocenters. The maximum Gasteiger partial charge on any atom is 0.146 e. The van der Waals surface area contributed by atoms with Gasteiger partial charge in [-0.1, -0.05) is 0 Å². The van der Waals surface area contributed by atoms with Crippen LogP contribution < -0.4 is 9.79 Å².